The monoisotopic (exact) mass is 394 g/mol. The molecule has 27 heavy (non-hydrogen) atoms. The fourth-order valence-corrected chi connectivity index (χ4v) is 2.63. The van der Waals surface area contributed by atoms with Crippen molar-refractivity contribution in [3.05, 3.63) is 23.8 Å². The van der Waals surface area contributed by atoms with Gasteiger partial charge in [-0.3, -0.25) is 10.2 Å². The molecule has 0 unspecified atom stereocenters. The van der Waals surface area contributed by atoms with Gasteiger partial charge in [0, 0.05) is 19.7 Å². The minimum absolute atomic E-state index is 0.0656. The second-order valence-corrected chi connectivity index (χ2v) is 6.28. The van der Waals surface area contributed by atoms with Crippen molar-refractivity contribution in [3.63, 3.8) is 0 Å². The lowest BCUT2D eigenvalue weighted by Crippen LogP contribution is -2.37. The first-order valence-electron chi connectivity index (χ1n) is 8.88. The quantitative estimate of drug-likeness (QED) is 0.329. The number of ether oxygens (including phenoxy) is 3. The van der Waals surface area contributed by atoms with Crippen LogP contribution in [0.3, 0.4) is 0 Å². The van der Waals surface area contributed by atoms with E-state index in [2.05, 4.69) is 21.2 Å². The topological polar surface area (TPSA) is 93.2 Å². The molecule has 9 heteroatoms. The number of nitrogens with one attached hydrogen (secondary N) is 3. The summed E-state index contributed by atoms with van der Waals surface area (Å²) in [5.41, 5.74) is 3.57. The molecule has 1 amide bonds. The fraction of sp³-hybridized carbons (Fsp3) is 0.500. The van der Waals surface area contributed by atoms with Crippen LogP contribution >= 0.6 is 12.2 Å². The summed E-state index contributed by atoms with van der Waals surface area (Å²) >= 11 is 5.18. The Bertz CT molecular complexity index is 663. The number of rotatable bonds is 9. The molecule has 1 atom stereocenters. The summed E-state index contributed by atoms with van der Waals surface area (Å²) in [5.74, 6) is 0.823. The van der Waals surface area contributed by atoms with E-state index in [0.29, 0.717) is 29.7 Å². The summed E-state index contributed by atoms with van der Waals surface area (Å²) in [6, 6.07) is 5.30. The zero-order valence-corrected chi connectivity index (χ0v) is 16.4. The summed E-state index contributed by atoms with van der Waals surface area (Å²) in [5, 5.41) is 10.3. The predicted molar refractivity (Wildman–Crippen MR) is 107 cm³/mol. The Morgan fingerprint density at radius 1 is 1.41 bits per heavy atom. The highest BCUT2D eigenvalue weighted by molar-refractivity contribution is 7.80. The number of hydrogen-bond acceptors (Lipinski definition) is 6. The van der Waals surface area contributed by atoms with Crippen molar-refractivity contribution in [2.24, 2.45) is 5.10 Å². The smallest absolute Gasteiger partial charge is 0.257 e. The Morgan fingerprint density at radius 2 is 2.26 bits per heavy atom. The van der Waals surface area contributed by atoms with E-state index in [1.54, 1.807) is 18.3 Å². The van der Waals surface area contributed by atoms with E-state index >= 15 is 0 Å². The predicted octanol–water partition coefficient (Wildman–Crippen LogP) is 1.19. The standard InChI is InChI=1S/C18H26N4O4S/c1-3-19-17(23)12-26-15-7-6-13(9-16(15)24-2)10-21-22-18(27)20-11-14-5-4-8-25-14/h6-7,9-10,14H,3-5,8,11-12H2,1-2H3,(H,19,23)(H2,20,22,27)/b21-10-/t14-/m0/s1. The van der Waals surface area contributed by atoms with Crippen LogP contribution in [0.5, 0.6) is 11.5 Å². The largest absolute Gasteiger partial charge is 0.493 e. The van der Waals surface area contributed by atoms with Gasteiger partial charge in [0.25, 0.3) is 5.91 Å². The lowest BCUT2D eigenvalue weighted by Gasteiger charge is -2.12. The lowest BCUT2D eigenvalue weighted by atomic mass is 10.2. The summed E-state index contributed by atoms with van der Waals surface area (Å²) in [6.45, 7) is 3.84. The van der Waals surface area contributed by atoms with Gasteiger partial charge in [-0.25, -0.2) is 0 Å². The zero-order valence-electron chi connectivity index (χ0n) is 15.6. The number of amides is 1. The molecule has 3 N–H and O–H groups in total. The Labute approximate surface area is 164 Å². The molecule has 1 aromatic carbocycles. The first kappa shape index (κ1) is 20.9. The highest BCUT2D eigenvalue weighted by atomic mass is 32.1. The van der Waals surface area contributed by atoms with E-state index in [9.17, 15) is 4.79 Å². The van der Waals surface area contributed by atoms with Crippen LogP contribution < -0.4 is 25.5 Å². The second kappa shape index (κ2) is 11.3. The van der Waals surface area contributed by atoms with Gasteiger partial charge in [0.1, 0.15) is 0 Å². The van der Waals surface area contributed by atoms with Crippen LogP contribution in [-0.2, 0) is 9.53 Å². The Balaban J connectivity index is 1.81. The molecule has 8 nitrogen and oxygen atoms in total. The Hall–Kier alpha value is -2.39. The van der Waals surface area contributed by atoms with Gasteiger partial charge in [-0.15, -0.1) is 0 Å². The highest BCUT2D eigenvalue weighted by Gasteiger charge is 2.15. The highest BCUT2D eigenvalue weighted by Crippen LogP contribution is 2.27. The summed E-state index contributed by atoms with van der Waals surface area (Å²) in [7, 11) is 1.54. The van der Waals surface area contributed by atoms with Crippen LogP contribution in [0.2, 0.25) is 0 Å². The molecule has 1 aromatic rings. The molecule has 1 aliphatic heterocycles. The SMILES string of the molecule is CCNC(=O)COc1ccc(/C=N\NC(=S)NC[C@@H]2CCCO2)cc1OC. The average molecular weight is 394 g/mol. The molecule has 1 fully saturated rings. The Morgan fingerprint density at radius 3 is 2.96 bits per heavy atom. The van der Waals surface area contributed by atoms with E-state index in [-0.39, 0.29) is 18.6 Å². The average Bonchev–Trinajstić information content (AvgIpc) is 3.19. The number of thiocarbonyl (C=S) groups is 1. The first-order chi connectivity index (χ1) is 13.1. The van der Waals surface area contributed by atoms with Gasteiger partial charge in [-0.05, 0) is 55.7 Å². The van der Waals surface area contributed by atoms with E-state index in [0.717, 1.165) is 25.0 Å². The minimum Gasteiger partial charge on any atom is -0.493 e. The van der Waals surface area contributed by atoms with Crippen molar-refractivity contribution in [2.45, 2.75) is 25.9 Å². The third-order valence-electron chi connectivity index (χ3n) is 3.81. The van der Waals surface area contributed by atoms with E-state index in [1.807, 2.05) is 13.0 Å². The van der Waals surface area contributed by atoms with Crippen molar-refractivity contribution in [1.82, 2.24) is 16.1 Å². The number of carbonyl (C=O) groups is 1. The van der Waals surface area contributed by atoms with Gasteiger partial charge in [-0.1, -0.05) is 0 Å². The number of carbonyl (C=O) groups excluding carboxylic acids is 1. The second-order valence-electron chi connectivity index (χ2n) is 5.87. The molecule has 0 radical (unpaired) electrons. The third kappa shape index (κ3) is 7.40. The molecule has 148 valence electrons. The van der Waals surface area contributed by atoms with Gasteiger partial charge in [0.2, 0.25) is 0 Å². The van der Waals surface area contributed by atoms with Crippen molar-refractivity contribution in [2.75, 3.05) is 33.4 Å². The zero-order chi connectivity index (χ0) is 19.5. The third-order valence-corrected chi connectivity index (χ3v) is 4.05. The van der Waals surface area contributed by atoms with Crippen LogP contribution in [0.1, 0.15) is 25.3 Å². The maximum atomic E-state index is 11.5. The fourth-order valence-electron chi connectivity index (χ4n) is 2.49. The maximum Gasteiger partial charge on any atom is 0.257 e. The van der Waals surface area contributed by atoms with Crippen LogP contribution in [-0.4, -0.2) is 56.8 Å². The molecule has 0 aromatic heterocycles. The lowest BCUT2D eigenvalue weighted by molar-refractivity contribution is -0.123. The molecule has 0 spiro atoms. The van der Waals surface area contributed by atoms with Crippen molar-refractivity contribution in [1.29, 1.82) is 0 Å². The number of nitrogens with zero attached hydrogens (tertiary/aromatic N) is 1. The van der Waals surface area contributed by atoms with E-state index < -0.39 is 0 Å². The molecule has 1 aliphatic rings. The molecule has 0 bridgehead atoms. The normalized spacial score (nSPS) is 16.1. The maximum absolute atomic E-state index is 11.5. The van der Waals surface area contributed by atoms with Crippen LogP contribution in [0.25, 0.3) is 0 Å². The van der Waals surface area contributed by atoms with Crippen LogP contribution in [0.15, 0.2) is 23.3 Å². The van der Waals surface area contributed by atoms with Gasteiger partial charge >= 0.3 is 0 Å². The Kier molecular flexibility index (Phi) is 8.79. The van der Waals surface area contributed by atoms with Crippen molar-refractivity contribution >= 4 is 29.5 Å². The molecule has 1 saturated heterocycles. The number of methoxy groups -OCH3 is 1. The molecule has 1 heterocycles. The molecule has 0 aliphatic carbocycles. The van der Waals surface area contributed by atoms with Gasteiger partial charge in [-0.2, -0.15) is 5.10 Å². The summed E-state index contributed by atoms with van der Waals surface area (Å²) < 4.78 is 16.3. The summed E-state index contributed by atoms with van der Waals surface area (Å²) in [6.07, 6.45) is 3.98. The van der Waals surface area contributed by atoms with E-state index in [4.69, 9.17) is 26.4 Å². The first-order valence-corrected chi connectivity index (χ1v) is 9.29. The molecular weight excluding hydrogens is 368 g/mol. The van der Waals surface area contributed by atoms with Gasteiger partial charge in [0.05, 0.1) is 19.4 Å². The number of benzene rings is 1. The van der Waals surface area contributed by atoms with Gasteiger partial charge < -0.3 is 24.8 Å². The number of hydrogen-bond donors (Lipinski definition) is 3. The number of likely N-dealkylation sites (N-methyl/N-ethyl adjacent to an activating group) is 1. The van der Waals surface area contributed by atoms with Crippen molar-refractivity contribution < 1.29 is 19.0 Å². The van der Waals surface area contributed by atoms with Gasteiger partial charge in [0.15, 0.2) is 23.2 Å². The van der Waals surface area contributed by atoms with Crippen LogP contribution in [0.4, 0.5) is 0 Å². The summed E-state index contributed by atoms with van der Waals surface area (Å²) in [4.78, 5) is 11.5. The molecular formula is C18H26N4O4S. The number of hydrazone groups is 1. The molecule has 0 saturated carbocycles. The van der Waals surface area contributed by atoms with Crippen molar-refractivity contribution in [3.8, 4) is 11.5 Å². The minimum atomic E-state index is -0.182. The van der Waals surface area contributed by atoms with E-state index in [1.165, 1.54) is 7.11 Å². The van der Waals surface area contributed by atoms with Crippen LogP contribution in [0, 0.1) is 0 Å². The molecule has 2 rings (SSSR count).